The van der Waals surface area contributed by atoms with E-state index in [2.05, 4.69) is 86.9 Å². The van der Waals surface area contributed by atoms with Gasteiger partial charge < -0.3 is 9.47 Å². The summed E-state index contributed by atoms with van der Waals surface area (Å²) in [5.41, 5.74) is 4.04. The third-order valence-corrected chi connectivity index (χ3v) is 12.1. The van der Waals surface area contributed by atoms with E-state index in [0.717, 1.165) is 58.2 Å². The summed E-state index contributed by atoms with van der Waals surface area (Å²) in [6, 6.07) is 6.55. The van der Waals surface area contributed by atoms with E-state index in [4.69, 9.17) is 9.47 Å². The molecule has 9 heteroatoms. The fraction of sp³-hybridized carbons (Fsp3) is 0.824. The summed E-state index contributed by atoms with van der Waals surface area (Å²) in [6.07, 6.45) is 6.59. The van der Waals surface area contributed by atoms with E-state index in [1.165, 1.54) is 16.7 Å². The lowest BCUT2D eigenvalue weighted by molar-refractivity contribution is -0.0806. The van der Waals surface area contributed by atoms with Crippen LogP contribution in [-0.4, -0.2) is 69.5 Å². The molecule has 8 nitrogen and oxygen atoms in total. The van der Waals surface area contributed by atoms with E-state index in [1.807, 2.05) is 0 Å². The molecule has 3 heterocycles. The third-order valence-electron chi connectivity index (χ3n) is 10.2. The lowest BCUT2D eigenvalue weighted by Gasteiger charge is -2.43. The van der Waals surface area contributed by atoms with Crippen molar-refractivity contribution >= 4 is 10.0 Å². The molecule has 0 spiro atoms. The van der Waals surface area contributed by atoms with Crippen molar-refractivity contribution in [2.75, 3.05) is 26.3 Å². The molecule has 1 aliphatic carbocycles. The second-order valence-corrected chi connectivity index (χ2v) is 18.0. The SMILES string of the molecule is Cc1cccc(C)c1C1CC2NC(N1)NS(=O)(=O)C1CCCC(C1)CN(CC1CC(C)(C)CCO1)[C@H](CC(C)(C)C)CO2. The second-order valence-electron chi connectivity index (χ2n) is 16.0. The first-order valence-electron chi connectivity index (χ1n) is 16.7. The zero-order valence-electron chi connectivity index (χ0n) is 27.7. The number of hydrogen-bond acceptors (Lipinski definition) is 7. The van der Waals surface area contributed by atoms with Gasteiger partial charge in [-0.05, 0) is 85.8 Å². The zero-order chi connectivity index (χ0) is 31.0. The maximum absolute atomic E-state index is 13.8. The van der Waals surface area contributed by atoms with Crippen LogP contribution in [0, 0.1) is 30.6 Å². The first kappa shape index (κ1) is 33.3. The number of nitrogens with one attached hydrogen (secondary N) is 3. The summed E-state index contributed by atoms with van der Waals surface area (Å²) in [5.74, 6) is 0.331. The number of ether oxygens (including phenoxy) is 2. The van der Waals surface area contributed by atoms with Crippen LogP contribution in [0.25, 0.3) is 0 Å². The van der Waals surface area contributed by atoms with Crippen LogP contribution in [0.4, 0.5) is 0 Å². The van der Waals surface area contributed by atoms with E-state index in [9.17, 15) is 8.42 Å². The lowest BCUT2D eigenvalue weighted by atomic mass is 9.81. The van der Waals surface area contributed by atoms with Crippen molar-refractivity contribution in [1.82, 2.24) is 20.3 Å². The highest BCUT2D eigenvalue weighted by Gasteiger charge is 2.40. The van der Waals surface area contributed by atoms with Gasteiger partial charge in [-0.25, -0.2) is 8.42 Å². The second kappa shape index (κ2) is 13.3. The number of benzene rings is 1. The predicted octanol–water partition coefficient (Wildman–Crippen LogP) is 5.36. The van der Waals surface area contributed by atoms with E-state index in [-0.39, 0.29) is 40.5 Å². The van der Waals surface area contributed by atoms with Gasteiger partial charge in [0.25, 0.3) is 0 Å². The number of aryl methyl sites for hydroxylation is 2. The van der Waals surface area contributed by atoms with Gasteiger partial charge in [0, 0.05) is 38.2 Å². The normalized spacial score (nSPS) is 35.7. The van der Waals surface area contributed by atoms with Crippen LogP contribution < -0.4 is 15.4 Å². The molecular formula is C34H58N4O4S. The number of sulfonamides is 1. The monoisotopic (exact) mass is 618 g/mol. The largest absolute Gasteiger partial charge is 0.377 e. The summed E-state index contributed by atoms with van der Waals surface area (Å²) < 4.78 is 43.9. The molecule has 5 rings (SSSR count). The van der Waals surface area contributed by atoms with Gasteiger partial charge in [0.15, 0.2) is 0 Å². The van der Waals surface area contributed by atoms with E-state index >= 15 is 0 Å². The minimum Gasteiger partial charge on any atom is -0.377 e. The van der Waals surface area contributed by atoms with Gasteiger partial charge in [-0.3, -0.25) is 15.5 Å². The molecule has 7 atom stereocenters. The summed E-state index contributed by atoms with van der Waals surface area (Å²) in [6.45, 7) is 19.1. The highest BCUT2D eigenvalue weighted by molar-refractivity contribution is 7.90. The summed E-state index contributed by atoms with van der Waals surface area (Å²) in [5, 5.41) is 6.69. The highest BCUT2D eigenvalue weighted by atomic mass is 32.2. The van der Waals surface area contributed by atoms with E-state index in [1.54, 1.807) is 0 Å². The van der Waals surface area contributed by atoms with Crippen molar-refractivity contribution in [3.8, 4) is 0 Å². The maximum Gasteiger partial charge on any atom is 0.216 e. The molecule has 0 radical (unpaired) electrons. The molecule has 0 amide bonds. The molecule has 3 aliphatic heterocycles. The van der Waals surface area contributed by atoms with Gasteiger partial charge in [-0.1, -0.05) is 59.2 Å². The third kappa shape index (κ3) is 8.81. The van der Waals surface area contributed by atoms with Crippen molar-refractivity contribution in [2.24, 2.45) is 16.7 Å². The molecule has 0 aromatic heterocycles. The number of nitrogens with zero attached hydrogens (tertiary/aromatic N) is 1. The molecule has 3 N–H and O–H groups in total. The minimum absolute atomic E-state index is 0.0283. The Kier molecular flexibility index (Phi) is 10.3. The van der Waals surface area contributed by atoms with Gasteiger partial charge in [0.2, 0.25) is 10.0 Å². The Labute approximate surface area is 261 Å². The van der Waals surface area contributed by atoms with Crippen molar-refractivity contribution in [3.63, 3.8) is 0 Å². The van der Waals surface area contributed by atoms with Crippen molar-refractivity contribution in [1.29, 1.82) is 0 Å². The van der Waals surface area contributed by atoms with E-state index < -0.39 is 16.3 Å². The molecule has 4 aliphatic rings. The number of rotatable bonds is 4. The van der Waals surface area contributed by atoms with Crippen LogP contribution in [0.2, 0.25) is 0 Å². The smallest absolute Gasteiger partial charge is 0.216 e. The molecule has 6 unspecified atom stereocenters. The van der Waals surface area contributed by atoms with Crippen molar-refractivity contribution < 1.29 is 17.9 Å². The fourth-order valence-electron chi connectivity index (χ4n) is 8.09. The van der Waals surface area contributed by atoms with Crippen LogP contribution in [0.15, 0.2) is 18.2 Å². The van der Waals surface area contributed by atoms with Gasteiger partial charge in [-0.15, -0.1) is 0 Å². The van der Waals surface area contributed by atoms with Crippen LogP contribution in [0.1, 0.15) is 109 Å². The number of hydrogen-bond donors (Lipinski definition) is 3. The van der Waals surface area contributed by atoms with Crippen LogP contribution in [-0.2, 0) is 19.5 Å². The van der Waals surface area contributed by atoms with Gasteiger partial charge in [0.05, 0.1) is 18.0 Å². The quantitative estimate of drug-likeness (QED) is 0.419. The Hall–Kier alpha value is -1.07. The summed E-state index contributed by atoms with van der Waals surface area (Å²) >= 11 is 0. The van der Waals surface area contributed by atoms with Gasteiger partial charge in [0.1, 0.15) is 12.5 Å². The predicted molar refractivity (Wildman–Crippen MR) is 173 cm³/mol. The van der Waals surface area contributed by atoms with E-state index in [0.29, 0.717) is 25.4 Å². The average Bonchev–Trinajstić information content (AvgIpc) is 2.89. The van der Waals surface area contributed by atoms with Gasteiger partial charge >= 0.3 is 0 Å². The summed E-state index contributed by atoms with van der Waals surface area (Å²) in [4.78, 5) is 2.63. The summed E-state index contributed by atoms with van der Waals surface area (Å²) in [7, 11) is -3.55. The highest BCUT2D eigenvalue weighted by Crippen LogP contribution is 2.36. The van der Waals surface area contributed by atoms with Gasteiger partial charge in [-0.2, -0.15) is 4.72 Å². The standard InChI is InChI=1S/C34H58N4O4S/c1-23-10-8-11-24(2)31(23)29-17-30-36-32(35-29)37-43(39,40)28-13-9-12-25(16-28)20-38(26(22-42-30)18-33(3,4)5)21-27-19-34(6,7)14-15-41-27/h8,10-11,25-30,32,35-37H,9,12-22H2,1-7H3/t25?,26-,27?,28?,29?,30?,32?/m1/s1. The Bertz CT molecular complexity index is 1180. The molecule has 1 aromatic carbocycles. The molecular weight excluding hydrogens is 560 g/mol. The zero-order valence-corrected chi connectivity index (χ0v) is 28.6. The minimum atomic E-state index is -3.55. The molecule has 4 bridgehead atoms. The molecule has 244 valence electrons. The number of fused-ring (bicyclic) bond motifs is 4. The first-order chi connectivity index (χ1) is 20.2. The Morgan fingerprint density at radius 1 is 1.05 bits per heavy atom. The molecule has 43 heavy (non-hydrogen) atoms. The molecule has 4 fully saturated rings. The van der Waals surface area contributed by atoms with Crippen molar-refractivity contribution in [3.05, 3.63) is 34.9 Å². The Morgan fingerprint density at radius 2 is 1.79 bits per heavy atom. The van der Waals surface area contributed by atoms with Crippen LogP contribution in [0.5, 0.6) is 0 Å². The molecule has 1 saturated carbocycles. The topological polar surface area (TPSA) is 91.9 Å². The average molecular weight is 619 g/mol. The molecule has 1 aromatic rings. The molecule has 3 saturated heterocycles. The van der Waals surface area contributed by atoms with Crippen LogP contribution >= 0.6 is 0 Å². The van der Waals surface area contributed by atoms with Crippen molar-refractivity contribution in [2.45, 2.75) is 136 Å². The maximum atomic E-state index is 13.8. The lowest BCUT2D eigenvalue weighted by Crippen LogP contribution is -2.64. The first-order valence-corrected chi connectivity index (χ1v) is 18.3. The Morgan fingerprint density at radius 3 is 2.49 bits per heavy atom. The Balaban J connectivity index is 1.47. The van der Waals surface area contributed by atoms with Crippen LogP contribution in [0.3, 0.4) is 0 Å². The fourth-order valence-corrected chi connectivity index (χ4v) is 9.75.